The Kier molecular flexibility index (Phi) is 4.04. The fourth-order valence-electron chi connectivity index (χ4n) is 1.72. The zero-order valence-electron chi connectivity index (χ0n) is 9.86. The number of carbonyl (C=O) groups is 1. The second-order valence-electron chi connectivity index (χ2n) is 3.98. The topological polar surface area (TPSA) is 34.9 Å². The van der Waals surface area contributed by atoms with E-state index >= 15 is 0 Å². The number of Topliss-reactive ketones (excluding diaryl/α,β-unsaturated/α-hetero) is 1. The van der Waals surface area contributed by atoms with E-state index in [4.69, 9.17) is 23.2 Å². The minimum absolute atomic E-state index is 0.0227. The maximum atomic E-state index is 12.0. The van der Waals surface area contributed by atoms with Gasteiger partial charge in [0.15, 0.2) is 5.78 Å². The molecule has 0 unspecified atom stereocenters. The number of halogens is 2. The van der Waals surface area contributed by atoms with Crippen molar-refractivity contribution in [3.05, 3.63) is 52.0 Å². The number of aromatic nitrogens is 2. The number of carbonyl (C=O) groups excluding carboxylic acids is 1. The number of aryl methyl sites for hydroxylation is 2. The normalized spacial score (nSPS) is 10.6. The first-order chi connectivity index (χ1) is 8.59. The predicted octanol–water partition coefficient (Wildman–Crippen LogP) is 3.54. The van der Waals surface area contributed by atoms with Crippen molar-refractivity contribution in [2.45, 2.75) is 12.8 Å². The molecule has 0 amide bonds. The summed E-state index contributed by atoms with van der Waals surface area (Å²) < 4.78 is 1.90. The van der Waals surface area contributed by atoms with Crippen LogP contribution in [0.4, 0.5) is 0 Å². The van der Waals surface area contributed by atoms with Crippen LogP contribution < -0.4 is 0 Å². The van der Waals surface area contributed by atoms with Crippen molar-refractivity contribution in [3.8, 4) is 0 Å². The highest BCUT2D eigenvalue weighted by Gasteiger charge is 2.13. The molecule has 3 nitrogen and oxygen atoms in total. The van der Waals surface area contributed by atoms with E-state index in [-0.39, 0.29) is 5.78 Å². The summed E-state index contributed by atoms with van der Waals surface area (Å²) in [4.78, 5) is 16.2. The van der Waals surface area contributed by atoms with Gasteiger partial charge in [-0.05, 0) is 12.1 Å². The third kappa shape index (κ3) is 2.74. The van der Waals surface area contributed by atoms with E-state index in [1.165, 1.54) is 0 Å². The highest BCUT2D eigenvalue weighted by Crippen LogP contribution is 2.26. The second kappa shape index (κ2) is 5.55. The Morgan fingerprint density at radius 2 is 2.17 bits per heavy atom. The van der Waals surface area contributed by atoms with Crippen LogP contribution in [0, 0.1) is 0 Å². The minimum Gasteiger partial charge on any atom is -0.338 e. The lowest BCUT2D eigenvalue weighted by Crippen LogP contribution is -2.05. The molecule has 0 spiro atoms. The molecule has 0 aliphatic rings. The Hall–Kier alpha value is -1.32. The van der Waals surface area contributed by atoms with Crippen LogP contribution in [0.15, 0.2) is 30.6 Å². The minimum atomic E-state index is -0.0227. The van der Waals surface area contributed by atoms with Crippen molar-refractivity contribution < 1.29 is 4.79 Å². The van der Waals surface area contributed by atoms with Crippen molar-refractivity contribution in [1.29, 1.82) is 0 Å². The average molecular weight is 283 g/mol. The first-order valence-corrected chi connectivity index (χ1v) is 6.28. The van der Waals surface area contributed by atoms with Gasteiger partial charge in [-0.25, -0.2) is 4.98 Å². The fraction of sp³-hybridized carbons (Fsp3) is 0.231. The summed E-state index contributed by atoms with van der Waals surface area (Å²) in [5.74, 6) is 0.854. The molecular formula is C13H12Cl2N2O. The zero-order valence-corrected chi connectivity index (χ0v) is 11.4. The van der Waals surface area contributed by atoms with Gasteiger partial charge in [-0.1, -0.05) is 29.3 Å². The number of nitrogens with zero attached hydrogens (tertiary/aromatic N) is 2. The number of rotatable bonds is 4. The van der Waals surface area contributed by atoms with Gasteiger partial charge >= 0.3 is 0 Å². The number of hydrogen-bond donors (Lipinski definition) is 0. The molecule has 0 aliphatic heterocycles. The number of benzene rings is 1. The van der Waals surface area contributed by atoms with Crippen molar-refractivity contribution in [2.75, 3.05) is 0 Å². The summed E-state index contributed by atoms with van der Waals surface area (Å²) in [6.45, 7) is 0. The van der Waals surface area contributed by atoms with Crippen molar-refractivity contribution in [1.82, 2.24) is 9.55 Å². The first-order valence-electron chi connectivity index (χ1n) is 5.53. The van der Waals surface area contributed by atoms with Gasteiger partial charge in [-0.15, -0.1) is 0 Å². The van der Waals surface area contributed by atoms with Gasteiger partial charge < -0.3 is 4.57 Å². The SMILES string of the molecule is Cn1ccnc1CCC(=O)c1cccc(Cl)c1Cl. The Labute approximate surface area is 115 Å². The molecule has 18 heavy (non-hydrogen) atoms. The Balaban J connectivity index is 2.09. The number of hydrogen-bond acceptors (Lipinski definition) is 2. The molecule has 0 saturated heterocycles. The Bertz CT molecular complexity index is 578. The first kappa shape index (κ1) is 13.1. The van der Waals surface area contributed by atoms with E-state index in [1.807, 2.05) is 17.8 Å². The van der Waals surface area contributed by atoms with E-state index in [0.717, 1.165) is 5.82 Å². The lowest BCUT2D eigenvalue weighted by Gasteiger charge is -2.05. The van der Waals surface area contributed by atoms with E-state index in [0.29, 0.717) is 28.5 Å². The van der Waals surface area contributed by atoms with Crippen molar-refractivity contribution in [2.24, 2.45) is 7.05 Å². The summed E-state index contributed by atoms with van der Waals surface area (Å²) in [7, 11) is 1.90. The standard InChI is InChI=1S/C13H12Cl2N2O/c1-17-8-7-16-12(17)6-5-11(18)9-3-2-4-10(14)13(9)15/h2-4,7-8H,5-6H2,1H3. The van der Waals surface area contributed by atoms with Crippen molar-refractivity contribution >= 4 is 29.0 Å². The largest absolute Gasteiger partial charge is 0.338 e. The van der Waals surface area contributed by atoms with Gasteiger partial charge in [0.1, 0.15) is 5.82 Å². The summed E-state index contributed by atoms with van der Waals surface area (Å²) in [6.07, 6.45) is 4.52. The molecule has 2 aromatic rings. The van der Waals surface area contributed by atoms with E-state index in [1.54, 1.807) is 24.4 Å². The highest BCUT2D eigenvalue weighted by atomic mass is 35.5. The summed E-state index contributed by atoms with van der Waals surface area (Å²) >= 11 is 11.9. The maximum absolute atomic E-state index is 12.0. The Morgan fingerprint density at radius 3 is 2.83 bits per heavy atom. The third-order valence-electron chi connectivity index (χ3n) is 2.75. The van der Waals surface area contributed by atoms with Crippen molar-refractivity contribution in [3.63, 3.8) is 0 Å². The van der Waals surface area contributed by atoms with Crippen LogP contribution in [-0.2, 0) is 13.5 Å². The predicted molar refractivity (Wildman–Crippen MR) is 72.3 cm³/mol. The molecule has 0 atom stereocenters. The zero-order chi connectivity index (χ0) is 13.1. The molecule has 0 aliphatic carbocycles. The fourth-order valence-corrected chi connectivity index (χ4v) is 2.12. The Morgan fingerprint density at radius 1 is 1.39 bits per heavy atom. The van der Waals surface area contributed by atoms with Gasteiger partial charge in [-0.2, -0.15) is 0 Å². The lowest BCUT2D eigenvalue weighted by molar-refractivity contribution is 0.0982. The van der Waals surface area contributed by atoms with Gasteiger partial charge in [-0.3, -0.25) is 4.79 Å². The smallest absolute Gasteiger partial charge is 0.164 e. The van der Waals surface area contributed by atoms with E-state index < -0.39 is 0 Å². The third-order valence-corrected chi connectivity index (χ3v) is 3.57. The quantitative estimate of drug-likeness (QED) is 0.804. The van der Waals surface area contributed by atoms with Crippen LogP contribution in [0.5, 0.6) is 0 Å². The van der Waals surface area contributed by atoms with Crippen LogP contribution >= 0.6 is 23.2 Å². The molecule has 94 valence electrons. The van der Waals surface area contributed by atoms with E-state index in [2.05, 4.69) is 4.98 Å². The molecule has 1 aromatic heterocycles. The molecule has 0 fully saturated rings. The maximum Gasteiger partial charge on any atom is 0.164 e. The van der Waals surface area contributed by atoms with Crippen LogP contribution in [0.25, 0.3) is 0 Å². The molecule has 0 saturated carbocycles. The van der Waals surface area contributed by atoms with Gasteiger partial charge in [0, 0.05) is 37.8 Å². The van der Waals surface area contributed by atoms with Gasteiger partial charge in [0.25, 0.3) is 0 Å². The summed E-state index contributed by atoms with van der Waals surface area (Å²) in [5.41, 5.74) is 0.471. The van der Waals surface area contributed by atoms with Crippen LogP contribution in [0.1, 0.15) is 22.6 Å². The summed E-state index contributed by atoms with van der Waals surface area (Å²) in [6, 6.07) is 5.08. The number of ketones is 1. The molecule has 0 bridgehead atoms. The highest BCUT2D eigenvalue weighted by molar-refractivity contribution is 6.43. The molecule has 0 N–H and O–H groups in total. The summed E-state index contributed by atoms with van der Waals surface area (Å²) in [5, 5.41) is 0.725. The van der Waals surface area contributed by atoms with E-state index in [9.17, 15) is 4.79 Å². The molecule has 1 aromatic carbocycles. The molecule has 5 heteroatoms. The van der Waals surface area contributed by atoms with Crippen LogP contribution in [0.3, 0.4) is 0 Å². The van der Waals surface area contributed by atoms with Crippen LogP contribution in [-0.4, -0.2) is 15.3 Å². The molecule has 2 rings (SSSR count). The average Bonchev–Trinajstić information content (AvgIpc) is 2.75. The molecular weight excluding hydrogens is 271 g/mol. The monoisotopic (exact) mass is 282 g/mol. The molecule has 0 radical (unpaired) electrons. The molecule has 1 heterocycles. The number of imidazole rings is 1. The van der Waals surface area contributed by atoms with Gasteiger partial charge in [0.05, 0.1) is 10.0 Å². The lowest BCUT2D eigenvalue weighted by atomic mass is 10.1. The van der Waals surface area contributed by atoms with Gasteiger partial charge in [0.2, 0.25) is 0 Å². The van der Waals surface area contributed by atoms with Crippen LogP contribution in [0.2, 0.25) is 10.0 Å². The second-order valence-corrected chi connectivity index (χ2v) is 4.76.